The van der Waals surface area contributed by atoms with Crippen LogP contribution in [0.1, 0.15) is 39.7 Å². The molecule has 0 saturated heterocycles. The van der Waals surface area contributed by atoms with Gasteiger partial charge in [0, 0.05) is 18.5 Å². The van der Waals surface area contributed by atoms with Crippen LogP contribution in [0.4, 0.5) is 0 Å². The molecular weight excluding hydrogens is 214 g/mol. The monoisotopic (exact) mass is 235 g/mol. The Kier molecular flexibility index (Phi) is 4.55. The molecule has 1 aromatic carbocycles. The van der Waals surface area contributed by atoms with Crippen molar-refractivity contribution in [2.75, 3.05) is 0 Å². The zero-order chi connectivity index (χ0) is 12.9. The Labute approximate surface area is 103 Å². The van der Waals surface area contributed by atoms with Crippen molar-refractivity contribution in [3.63, 3.8) is 0 Å². The molecule has 3 heteroatoms. The van der Waals surface area contributed by atoms with E-state index in [1.54, 1.807) is 0 Å². The van der Waals surface area contributed by atoms with E-state index >= 15 is 0 Å². The largest absolute Gasteiger partial charge is 0.488 e. The van der Waals surface area contributed by atoms with Gasteiger partial charge in [-0.3, -0.25) is 4.79 Å². The summed E-state index contributed by atoms with van der Waals surface area (Å²) in [6.07, 6.45) is 0.502. The molecule has 0 aliphatic rings. The highest BCUT2D eigenvalue weighted by molar-refractivity contribution is 5.75. The number of carbonyl (C=O) groups is 1. The Hall–Kier alpha value is -1.51. The standard InChI is InChI=1S/C14H21NO2/c1-5-13(16)15-10-11-8-6-7-9-12(11)17-14(2,3)4/h6-9H,5,10H2,1-4H3,(H,15,16). The van der Waals surface area contributed by atoms with E-state index in [1.165, 1.54) is 0 Å². The van der Waals surface area contributed by atoms with E-state index in [0.29, 0.717) is 13.0 Å². The maximum atomic E-state index is 11.2. The second-order valence-electron chi connectivity index (χ2n) is 4.95. The van der Waals surface area contributed by atoms with E-state index in [0.717, 1.165) is 11.3 Å². The highest BCUT2D eigenvalue weighted by Crippen LogP contribution is 2.22. The summed E-state index contributed by atoms with van der Waals surface area (Å²) < 4.78 is 5.85. The number of amides is 1. The van der Waals surface area contributed by atoms with Crippen molar-refractivity contribution in [2.24, 2.45) is 0 Å². The summed E-state index contributed by atoms with van der Waals surface area (Å²) in [7, 11) is 0. The first-order chi connectivity index (χ1) is 7.92. The van der Waals surface area contributed by atoms with Gasteiger partial charge >= 0.3 is 0 Å². The number of hydrogen-bond donors (Lipinski definition) is 1. The average molecular weight is 235 g/mol. The minimum absolute atomic E-state index is 0.0514. The van der Waals surface area contributed by atoms with Gasteiger partial charge in [0.15, 0.2) is 0 Å². The van der Waals surface area contributed by atoms with Crippen LogP contribution in [-0.4, -0.2) is 11.5 Å². The lowest BCUT2D eigenvalue weighted by molar-refractivity contribution is -0.120. The molecule has 0 atom stereocenters. The topological polar surface area (TPSA) is 38.3 Å². The van der Waals surface area contributed by atoms with Gasteiger partial charge in [-0.1, -0.05) is 25.1 Å². The van der Waals surface area contributed by atoms with Gasteiger partial charge in [0.25, 0.3) is 0 Å². The molecule has 17 heavy (non-hydrogen) atoms. The molecule has 0 aliphatic carbocycles. The molecule has 0 fully saturated rings. The lowest BCUT2D eigenvalue weighted by atomic mass is 10.1. The fourth-order valence-electron chi connectivity index (χ4n) is 1.40. The van der Waals surface area contributed by atoms with E-state index in [-0.39, 0.29) is 11.5 Å². The SMILES string of the molecule is CCC(=O)NCc1ccccc1OC(C)(C)C. The third-order valence-corrected chi connectivity index (χ3v) is 2.19. The van der Waals surface area contributed by atoms with Gasteiger partial charge in [0.05, 0.1) is 0 Å². The van der Waals surface area contributed by atoms with Crippen LogP contribution in [0.15, 0.2) is 24.3 Å². The van der Waals surface area contributed by atoms with Crippen molar-refractivity contribution < 1.29 is 9.53 Å². The molecule has 0 aromatic heterocycles. The molecule has 0 bridgehead atoms. The smallest absolute Gasteiger partial charge is 0.219 e. The van der Waals surface area contributed by atoms with E-state index < -0.39 is 0 Å². The Morgan fingerprint density at radius 3 is 2.53 bits per heavy atom. The Balaban J connectivity index is 2.74. The van der Waals surface area contributed by atoms with Crippen LogP contribution < -0.4 is 10.1 Å². The Morgan fingerprint density at radius 2 is 1.94 bits per heavy atom. The fraction of sp³-hybridized carbons (Fsp3) is 0.500. The molecule has 0 radical (unpaired) electrons. The Bertz CT molecular complexity index is 380. The zero-order valence-corrected chi connectivity index (χ0v) is 11.0. The number of para-hydroxylation sites is 1. The van der Waals surface area contributed by atoms with Crippen LogP contribution in [0.2, 0.25) is 0 Å². The van der Waals surface area contributed by atoms with Crippen molar-refractivity contribution in [2.45, 2.75) is 46.3 Å². The number of nitrogens with one attached hydrogen (secondary N) is 1. The zero-order valence-electron chi connectivity index (χ0n) is 11.0. The van der Waals surface area contributed by atoms with Crippen molar-refractivity contribution >= 4 is 5.91 Å². The van der Waals surface area contributed by atoms with Gasteiger partial charge in [0.2, 0.25) is 5.91 Å². The first-order valence-electron chi connectivity index (χ1n) is 5.96. The Morgan fingerprint density at radius 1 is 1.29 bits per heavy atom. The summed E-state index contributed by atoms with van der Waals surface area (Å²) in [6, 6.07) is 7.78. The fourth-order valence-corrected chi connectivity index (χ4v) is 1.40. The lowest BCUT2D eigenvalue weighted by Crippen LogP contribution is -2.25. The van der Waals surface area contributed by atoms with Crippen molar-refractivity contribution in [1.82, 2.24) is 5.32 Å². The molecule has 94 valence electrons. The molecule has 3 nitrogen and oxygen atoms in total. The van der Waals surface area contributed by atoms with Crippen LogP contribution in [0, 0.1) is 0 Å². The van der Waals surface area contributed by atoms with Crippen LogP contribution >= 0.6 is 0 Å². The normalized spacial score (nSPS) is 11.1. The van der Waals surface area contributed by atoms with Gasteiger partial charge in [0.1, 0.15) is 11.4 Å². The minimum Gasteiger partial charge on any atom is -0.488 e. The minimum atomic E-state index is -0.231. The van der Waals surface area contributed by atoms with Crippen LogP contribution in [0.25, 0.3) is 0 Å². The summed E-state index contributed by atoms with van der Waals surface area (Å²) in [5, 5.41) is 2.86. The lowest BCUT2D eigenvalue weighted by Gasteiger charge is -2.23. The summed E-state index contributed by atoms with van der Waals surface area (Å²) in [5.41, 5.74) is 0.773. The van der Waals surface area contributed by atoms with Crippen LogP contribution in [0.3, 0.4) is 0 Å². The first-order valence-corrected chi connectivity index (χ1v) is 5.96. The predicted octanol–water partition coefficient (Wildman–Crippen LogP) is 2.89. The molecule has 0 saturated carbocycles. The molecule has 1 aromatic rings. The van der Waals surface area contributed by atoms with E-state index in [9.17, 15) is 4.79 Å². The number of benzene rings is 1. The van der Waals surface area contributed by atoms with Gasteiger partial charge < -0.3 is 10.1 Å². The molecule has 0 unspecified atom stereocenters. The summed E-state index contributed by atoms with van der Waals surface area (Å²) in [6.45, 7) is 8.38. The first kappa shape index (κ1) is 13.6. The van der Waals surface area contributed by atoms with Gasteiger partial charge in [-0.15, -0.1) is 0 Å². The predicted molar refractivity (Wildman–Crippen MR) is 69.0 cm³/mol. The summed E-state index contributed by atoms with van der Waals surface area (Å²) in [5.74, 6) is 0.881. The summed E-state index contributed by atoms with van der Waals surface area (Å²) >= 11 is 0. The molecule has 0 aliphatic heterocycles. The second-order valence-corrected chi connectivity index (χ2v) is 4.95. The number of ether oxygens (including phenoxy) is 1. The van der Waals surface area contributed by atoms with Gasteiger partial charge in [-0.25, -0.2) is 0 Å². The van der Waals surface area contributed by atoms with Gasteiger partial charge in [-0.2, -0.15) is 0 Å². The maximum absolute atomic E-state index is 11.2. The average Bonchev–Trinajstić information content (AvgIpc) is 2.25. The van der Waals surface area contributed by atoms with Crippen molar-refractivity contribution in [3.8, 4) is 5.75 Å². The molecule has 1 rings (SSSR count). The van der Waals surface area contributed by atoms with Crippen molar-refractivity contribution in [3.05, 3.63) is 29.8 Å². The van der Waals surface area contributed by atoms with E-state index in [4.69, 9.17) is 4.74 Å². The van der Waals surface area contributed by atoms with Crippen LogP contribution in [-0.2, 0) is 11.3 Å². The van der Waals surface area contributed by atoms with Gasteiger partial charge in [-0.05, 0) is 26.8 Å². The second kappa shape index (κ2) is 5.71. The molecular formula is C14H21NO2. The van der Waals surface area contributed by atoms with E-state index in [2.05, 4.69) is 5.32 Å². The third-order valence-electron chi connectivity index (χ3n) is 2.19. The van der Waals surface area contributed by atoms with Crippen LogP contribution in [0.5, 0.6) is 5.75 Å². The van der Waals surface area contributed by atoms with Crippen molar-refractivity contribution in [1.29, 1.82) is 0 Å². The number of hydrogen-bond acceptors (Lipinski definition) is 2. The maximum Gasteiger partial charge on any atom is 0.219 e. The molecule has 1 N–H and O–H groups in total. The molecule has 0 spiro atoms. The highest BCUT2D eigenvalue weighted by Gasteiger charge is 2.14. The highest BCUT2D eigenvalue weighted by atomic mass is 16.5. The van der Waals surface area contributed by atoms with E-state index in [1.807, 2.05) is 52.0 Å². The molecule has 0 heterocycles. The molecule has 1 amide bonds. The number of rotatable bonds is 4. The third kappa shape index (κ3) is 4.89. The quantitative estimate of drug-likeness (QED) is 0.871. The number of carbonyl (C=O) groups excluding carboxylic acids is 1. The summed E-state index contributed by atoms with van der Waals surface area (Å²) in [4.78, 5) is 11.2.